The summed E-state index contributed by atoms with van der Waals surface area (Å²) in [5.41, 5.74) is 0. The summed E-state index contributed by atoms with van der Waals surface area (Å²) in [5, 5.41) is 0. The molecule has 6 nitrogen and oxygen atoms in total. The third kappa shape index (κ3) is 40.2. The van der Waals surface area contributed by atoms with Gasteiger partial charge in [-0.3, -0.25) is 4.90 Å². The van der Waals surface area contributed by atoms with Gasteiger partial charge in [-0.15, -0.1) is 0 Å². The Balaban J connectivity index is 0. The lowest BCUT2D eigenvalue weighted by molar-refractivity contribution is -0.892. The second-order valence-corrected chi connectivity index (χ2v) is 17.3. The Bertz CT molecular complexity index is 584. The van der Waals surface area contributed by atoms with Gasteiger partial charge in [-0.25, -0.2) is 0 Å². The monoisotopic (exact) mass is 685 g/mol. The van der Waals surface area contributed by atoms with E-state index in [4.69, 9.17) is 0 Å². The van der Waals surface area contributed by atoms with Crippen LogP contribution in [0.3, 0.4) is 0 Å². The lowest BCUT2D eigenvalue weighted by Gasteiger charge is -2.34. The predicted octanol–water partition coefficient (Wildman–Crippen LogP) is 8.95. The van der Waals surface area contributed by atoms with Crippen LogP contribution >= 0.6 is 0 Å². The summed E-state index contributed by atoms with van der Waals surface area (Å²) in [6, 6.07) is 0. The van der Waals surface area contributed by atoms with Crippen molar-refractivity contribution in [1.82, 2.24) is 19.6 Å². The molecular weight excluding hydrogens is 589 g/mol. The fourth-order valence-electron chi connectivity index (χ4n) is 6.13. The Kier molecular flexibility index (Phi) is 35.2. The van der Waals surface area contributed by atoms with Crippen molar-refractivity contribution in [3.8, 4) is 0 Å². The van der Waals surface area contributed by atoms with Crippen molar-refractivity contribution < 1.29 is 8.97 Å². The topological polar surface area (TPSA) is 13.0 Å². The highest BCUT2D eigenvalue weighted by Gasteiger charge is 2.18. The Hall–Kier alpha value is -0.240. The van der Waals surface area contributed by atoms with Crippen LogP contribution in [0.15, 0.2) is 0 Å². The van der Waals surface area contributed by atoms with Gasteiger partial charge in [0.1, 0.15) is 0 Å². The molecule has 6 heteroatoms. The largest absolute Gasteiger partial charge is 0.327 e. The van der Waals surface area contributed by atoms with Gasteiger partial charge in [0.2, 0.25) is 0 Å². The van der Waals surface area contributed by atoms with E-state index in [0.717, 1.165) is 26.2 Å². The number of unbranched alkanes of at least 4 members (excludes halogenated alkanes) is 18. The van der Waals surface area contributed by atoms with E-state index in [1.54, 1.807) is 0 Å². The summed E-state index contributed by atoms with van der Waals surface area (Å²) in [5.74, 6) is 0. The number of quaternary nitrogens is 2. The molecule has 0 spiro atoms. The summed E-state index contributed by atoms with van der Waals surface area (Å²) in [4.78, 5) is 9.37. The van der Waals surface area contributed by atoms with Crippen LogP contribution < -0.4 is 0 Å². The molecule has 48 heavy (non-hydrogen) atoms. The van der Waals surface area contributed by atoms with E-state index >= 15 is 0 Å². The zero-order valence-electron chi connectivity index (χ0n) is 35.9. The molecule has 0 rings (SSSR count). The zero-order chi connectivity index (χ0) is 36.5. The maximum Gasteiger partial charge on any atom is 0.0911 e. The van der Waals surface area contributed by atoms with Gasteiger partial charge in [0.15, 0.2) is 0 Å². The summed E-state index contributed by atoms with van der Waals surface area (Å²) >= 11 is 0. The molecule has 0 aromatic carbocycles. The maximum atomic E-state index is 2.58. The van der Waals surface area contributed by atoms with Gasteiger partial charge >= 0.3 is 0 Å². The van der Waals surface area contributed by atoms with E-state index in [9.17, 15) is 0 Å². The van der Waals surface area contributed by atoms with Crippen molar-refractivity contribution in [3.63, 3.8) is 0 Å². The summed E-state index contributed by atoms with van der Waals surface area (Å²) in [6.45, 7) is 16.9. The van der Waals surface area contributed by atoms with Crippen LogP contribution in [0.25, 0.3) is 0 Å². The lowest BCUT2D eigenvalue weighted by Crippen LogP contribution is -2.48. The molecule has 0 saturated carbocycles. The molecule has 0 saturated heterocycles. The SMILES string of the molecule is CCCCCCCCCCCC[N+](C)(C)CCN(C)CC[N+](C)(C)CCCCCCCCCCCC.CN(C)CCN(C)CCN(C)C. The van der Waals surface area contributed by atoms with Crippen molar-refractivity contribution >= 4 is 0 Å². The first-order valence-electron chi connectivity index (χ1n) is 21.0. The van der Waals surface area contributed by atoms with Crippen molar-refractivity contribution in [1.29, 1.82) is 0 Å². The average Bonchev–Trinajstić information content (AvgIpc) is 3.03. The molecule has 0 heterocycles. The molecule has 0 fully saturated rings. The molecule has 0 atom stereocenters. The van der Waals surface area contributed by atoms with Gasteiger partial charge in [-0.2, -0.15) is 0 Å². The lowest BCUT2D eigenvalue weighted by atomic mass is 10.1. The van der Waals surface area contributed by atoms with Crippen molar-refractivity contribution in [2.24, 2.45) is 0 Å². The molecular formula is C42H96N6+2. The summed E-state index contributed by atoms with van der Waals surface area (Å²) in [7, 11) is 22.7. The molecule has 0 radical (unpaired) electrons. The molecule has 0 aliphatic carbocycles. The number of likely N-dealkylation sites (N-methyl/N-ethyl adjacent to an activating group) is 6. The number of nitrogens with zero attached hydrogens (tertiary/aromatic N) is 6. The highest BCUT2D eigenvalue weighted by atomic mass is 15.3. The van der Waals surface area contributed by atoms with E-state index < -0.39 is 0 Å². The highest BCUT2D eigenvalue weighted by molar-refractivity contribution is 4.56. The second-order valence-electron chi connectivity index (χ2n) is 17.3. The third-order valence-corrected chi connectivity index (χ3v) is 10.3. The van der Waals surface area contributed by atoms with E-state index in [1.165, 1.54) is 177 Å². The van der Waals surface area contributed by atoms with Crippen LogP contribution in [-0.4, -0.2) is 164 Å². The highest BCUT2D eigenvalue weighted by Crippen LogP contribution is 2.13. The zero-order valence-corrected chi connectivity index (χ0v) is 35.9. The van der Waals surface area contributed by atoms with E-state index in [0.29, 0.717) is 0 Å². The van der Waals surface area contributed by atoms with Gasteiger partial charge in [-0.1, -0.05) is 117 Å². The van der Waals surface area contributed by atoms with Crippen molar-refractivity contribution in [2.75, 3.05) is 136 Å². The Morgan fingerprint density at radius 3 is 0.812 bits per heavy atom. The van der Waals surface area contributed by atoms with Gasteiger partial charge in [-0.05, 0) is 68.0 Å². The minimum absolute atomic E-state index is 1.14. The minimum Gasteiger partial charge on any atom is -0.327 e. The van der Waals surface area contributed by atoms with Gasteiger partial charge < -0.3 is 23.7 Å². The standard InChI is InChI=1S/C33H73N3.C9H23N3/c1-8-10-12-14-16-18-20-22-24-26-30-35(4,5)32-28-34(3)29-33-36(6,7)31-27-25-23-21-19-17-15-13-11-9-2;1-10(2)6-8-12(5)9-7-11(3)4/h8-33H2,1-7H3;6-9H2,1-5H3/q+2;. The Morgan fingerprint density at radius 2 is 0.542 bits per heavy atom. The second kappa shape index (κ2) is 33.9. The smallest absolute Gasteiger partial charge is 0.0911 e. The summed E-state index contributed by atoms with van der Waals surface area (Å²) in [6.07, 6.45) is 28.7. The van der Waals surface area contributed by atoms with Crippen molar-refractivity contribution in [2.45, 2.75) is 142 Å². The predicted molar refractivity (Wildman–Crippen MR) is 219 cm³/mol. The van der Waals surface area contributed by atoms with Crippen LogP contribution in [0, 0.1) is 0 Å². The molecule has 0 amide bonds. The van der Waals surface area contributed by atoms with Gasteiger partial charge in [0, 0.05) is 39.3 Å². The van der Waals surface area contributed by atoms with Gasteiger partial charge in [0.25, 0.3) is 0 Å². The molecule has 0 N–H and O–H groups in total. The Morgan fingerprint density at radius 1 is 0.292 bits per heavy atom. The number of hydrogen-bond donors (Lipinski definition) is 0. The van der Waals surface area contributed by atoms with Crippen molar-refractivity contribution in [3.05, 3.63) is 0 Å². The average molecular weight is 685 g/mol. The molecule has 0 aromatic heterocycles. The first-order valence-corrected chi connectivity index (χ1v) is 21.0. The fourth-order valence-corrected chi connectivity index (χ4v) is 6.13. The third-order valence-electron chi connectivity index (χ3n) is 10.3. The van der Waals surface area contributed by atoms with E-state index in [1.807, 2.05) is 0 Å². The summed E-state index contributed by atoms with van der Waals surface area (Å²) < 4.78 is 2.36. The first kappa shape index (κ1) is 49.9. The molecule has 0 aliphatic rings. The van der Waals surface area contributed by atoms with Crippen LogP contribution in [0.4, 0.5) is 0 Å². The molecule has 292 valence electrons. The number of rotatable bonds is 34. The molecule has 0 bridgehead atoms. The Labute approximate surface area is 306 Å². The maximum absolute atomic E-state index is 2.58. The van der Waals surface area contributed by atoms with Crippen LogP contribution in [0.2, 0.25) is 0 Å². The molecule has 0 aromatic rings. The van der Waals surface area contributed by atoms with Crippen LogP contribution in [-0.2, 0) is 0 Å². The van der Waals surface area contributed by atoms with Gasteiger partial charge in [0.05, 0.1) is 54.4 Å². The quantitative estimate of drug-likeness (QED) is 0.0496. The number of hydrogen-bond acceptors (Lipinski definition) is 4. The van der Waals surface area contributed by atoms with Crippen LogP contribution in [0.5, 0.6) is 0 Å². The molecule has 0 aliphatic heterocycles. The fraction of sp³-hybridized carbons (Fsp3) is 1.00. The normalized spacial score (nSPS) is 12.5. The van der Waals surface area contributed by atoms with E-state index in [2.05, 4.69) is 104 Å². The van der Waals surface area contributed by atoms with Crippen LogP contribution in [0.1, 0.15) is 142 Å². The molecule has 0 unspecified atom stereocenters. The first-order chi connectivity index (χ1) is 22.7. The van der Waals surface area contributed by atoms with E-state index in [-0.39, 0.29) is 0 Å². The minimum atomic E-state index is 1.14.